The maximum Gasteiger partial charge on any atom is 0.411 e. The molecule has 15 heteroatoms. The van der Waals surface area contributed by atoms with Gasteiger partial charge in [-0.05, 0) is 36.8 Å². The molecule has 40 heavy (non-hydrogen) atoms. The van der Waals surface area contributed by atoms with Crippen molar-refractivity contribution in [3.05, 3.63) is 86.1 Å². The molecular formula is C25H18Cl3N9O3. The second-order valence-corrected chi connectivity index (χ2v) is 10.2. The smallest absolute Gasteiger partial charge is 0.411 e. The molecule has 5 aromatic rings. The van der Waals surface area contributed by atoms with Crippen molar-refractivity contribution in [3.63, 3.8) is 0 Å². The molecule has 0 saturated heterocycles. The van der Waals surface area contributed by atoms with E-state index in [1.807, 2.05) is 0 Å². The molecule has 12 nitrogen and oxygen atoms in total. The quantitative estimate of drug-likeness (QED) is 0.291. The summed E-state index contributed by atoms with van der Waals surface area (Å²) in [6, 6.07) is 9.46. The first kappa shape index (κ1) is 26.0. The van der Waals surface area contributed by atoms with E-state index in [0.29, 0.717) is 63.5 Å². The number of nitrogens with one attached hydrogen (secondary N) is 1. The van der Waals surface area contributed by atoms with Gasteiger partial charge in [0.2, 0.25) is 0 Å². The molecule has 0 aliphatic carbocycles. The summed E-state index contributed by atoms with van der Waals surface area (Å²) < 4.78 is 3.09. The Balaban J connectivity index is 1.35. The Labute approximate surface area is 240 Å². The van der Waals surface area contributed by atoms with Crippen molar-refractivity contribution in [3.8, 4) is 28.3 Å². The fraction of sp³-hybridized carbons (Fsp3) is 0.160. The Bertz CT molecular complexity index is 1830. The van der Waals surface area contributed by atoms with Crippen LogP contribution in [0.2, 0.25) is 15.3 Å². The van der Waals surface area contributed by atoms with E-state index in [1.54, 1.807) is 41.1 Å². The highest BCUT2D eigenvalue weighted by molar-refractivity contribution is 6.32. The molecule has 0 spiro atoms. The number of amides is 1. The molecule has 0 fully saturated rings. The Morgan fingerprint density at radius 2 is 1.95 bits per heavy atom. The maximum atomic E-state index is 13.4. The van der Waals surface area contributed by atoms with E-state index in [0.717, 1.165) is 4.90 Å². The van der Waals surface area contributed by atoms with Crippen LogP contribution in [-0.4, -0.2) is 57.7 Å². The normalized spacial score (nSPS) is 14.3. The molecule has 1 amide bonds. The molecule has 0 radical (unpaired) electrons. The molecule has 1 atom stereocenters. The number of carbonyl (C=O) groups is 1. The molecule has 5 heterocycles. The van der Waals surface area contributed by atoms with Crippen LogP contribution < -0.4 is 10.5 Å². The van der Waals surface area contributed by atoms with Crippen LogP contribution in [-0.2, 0) is 6.42 Å². The summed E-state index contributed by atoms with van der Waals surface area (Å²) in [6.07, 6.45) is 2.98. The van der Waals surface area contributed by atoms with Crippen molar-refractivity contribution in [1.29, 1.82) is 0 Å². The number of hydrogen-bond donors (Lipinski definition) is 2. The minimum Gasteiger partial charge on any atom is -0.465 e. The lowest BCUT2D eigenvalue weighted by molar-refractivity contribution is 0.203. The number of nitrogens with zero attached hydrogens (tertiary/aromatic N) is 8. The summed E-state index contributed by atoms with van der Waals surface area (Å²) in [4.78, 5) is 42.5. The van der Waals surface area contributed by atoms with Crippen molar-refractivity contribution in [2.75, 3.05) is 11.9 Å². The van der Waals surface area contributed by atoms with Gasteiger partial charge in [0.05, 0.1) is 41.2 Å². The molecule has 1 aromatic carbocycles. The van der Waals surface area contributed by atoms with Crippen LogP contribution in [0.3, 0.4) is 0 Å². The molecule has 1 aliphatic rings. The molecular weight excluding hydrogens is 581 g/mol. The second kappa shape index (κ2) is 10.0. The van der Waals surface area contributed by atoms with E-state index in [9.17, 15) is 9.59 Å². The molecule has 1 unspecified atom stereocenters. The predicted molar refractivity (Wildman–Crippen MR) is 149 cm³/mol. The van der Waals surface area contributed by atoms with Gasteiger partial charge in [0.1, 0.15) is 17.3 Å². The number of halogens is 3. The molecule has 6 rings (SSSR count). The van der Waals surface area contributed by atoms with Gasteiger partial charge in [-0.25, -0.2) is 19.4 Å². The average molecular weight is 599 g/mol. The Morgan fingerprint density at radius 3 is 2.65 bits per heavy atom. The number of aromatic nitrogens is 8. The predicted octanol–water partition coefficient (Wildman–Crippen LogP) is 4.89. The van der Waals surface area contributed by atoms with Crippen LogP contribution in [0.15, 0.2) is 53.6 Å². The standard InChI is InChI=1S/C25H18Cl3N9O3/c1-35(25(39)40)13-3-4-15(29-10-13)22-23(28)32-24(31-22)18-6-7-20-30-16(9-21(38)37(18)20)14-8-12(26)2-5-17(14)36-11-19(27)33-34-36/h2-5,8-11,18H,6-7H2,1H3,(H,31,32)(H,39,40). The van der Waals surface area contributed by atoms with Gasteiger partial charge >= 0.3 is 6.09 Å². The Hall–Kier alpha value is -4.26. The van der Waals surface area contributed by atoms with Crippen LogP contribution in [0.5, 0.6) is 0 Å². The number of pyridine rings is 1. The Kier molecular flexibility index (Phi) is 6.53. The van der Waals surface area contributed by atoms with Gasteiger partial charge in [-0.3, -0.25) is 19.2 Å². The van der Waals surface area contributed by atoms with Crippen LogP contribution in [0.25, 0.3) is 28.3 Å². The largest absolute Gasteiger partial charge is 0.465 e. The number of rotatable bonds is 5. The third kappa shape index (κ3) is 4.59. The number of imidazole rings is 1. The van der Waals surface area contributed by atoms with Crippen LogP contribution in [0.1, 0.15) is 24.1 Å². The van der Waals surface area contributed by atoms with Crippen molar-refractivity contribution < 1.29 is 9.90 Å². The molecule has 0 saturated carbocycles. The first-order chi connectivity index (χ1) is 19.2. The molecule has 202 valence electrons. The summed E-state index contributed by atoms with van der Waals surface area (Å²) in [7, 11) is 1.42. The molecule has 1 aliphatic heterocycles. The van der Waals surface area contributed by atoms with Crippen LogP contribution in [0, 0.1) is 0 Å². The summed E-state index contributed by atoms with van der Waals surface area (Å²) in [5.74, 6) is 1.08. The van der Waals surface area contributed by atoms with Gasteiger partial charge in [0.25, 0.3) is 5.56 Å². The lowest BCUT2D eigenvalue weighted by Gasteiger charge is -2.14. The zero-order chi connectivity index (χ0) is 28.1. The number of aryl methyl sites for hydroxylation is 1. The van der Waals surface area contributed by atoms with Crippen molar-refractivity contribution in [1.82, 2.24) is 39.5 Å². The third-order valence-electron chi connectivity index (χ3n) is 6.60. The number of aromatic amines is 1. The van der Waals surface area contributed by atoms with E-state index >= 15 is 0 Å². The van der Waals surface area contributed by atoms with Gasteiger partial charge < -0.3 is 10.1 Å². The highest BCUT2D eigenvalue weighted by atomic mass is 35.5. The first-order valence-electron chi connectivity index (χ1n) is 11.9. The number of benzene rings is 1. The van der Waals surface area contributed by atoms with Crippen LogP contribution in [0.4, 0.5) is 10.5 Å². The summed E-state index contributed by atoms with van der Waals surface area (Å²) in [5, 5.41) is 17.9. The molecule has 4 aromatic heterocycles. The van der Waals surface area contributed by atoms with Crippen molar-refractivity contribution in [2.24, 2.45) is 0 Å². The summed E-state index contributed by atoms with van der Waals surface area (Å²) in [6.45, 7) is 0. The summed E-state index contributed by atoms with van der Waals surface area (Å²) in [5.41, 5.74) is 2.73. The number of carboxylic acid groups (broad SMARTS) is 1. The minimum absolute atomic E-state index is 0.183. The number of H-pyrrole nitrogens is 1. The maximum absolute atomic E-state index is 13.4. The fourth-order valence-electron chi connectivity index (χ4n) is 4.65. The zero-order valence-corrected chi connectivity index (χ0v) is 22.9. The lowest BCUT2D eigenvalue weighted by Crippen LogP contribution is -2.25. The first-order valence-corrected chi connectivity index (χ1v) is 13.0. The summed E-state index contributed by atoms with van der Waals surface area (Å²) >= 11 is 18.7. The van der Waals surface area contributed by atoms with Crippen LogP contribution >= 0.6 is 34.8 Å². The number of anilines is 1. The minimum atomic E-state index is -1.10. The van der Waals surface area contributed by atoms with Crippen molar-refractivity contribution in [2.45, 2.75) is 18.9 Å². The van der Waals surface area contributed by atoms with E-state index in [-0.39, 0.29) is 15.9 Å². The topological polar surface area (TPSA) is 148 Å². The molecule has 2 N–H and O–H groups in total. The molecule has 0 bridgehead atoms. The van der Waals surface area contributed by atoms with Gasteiger partial charge in [0, 0.05) is 30.1 Å². The van der Waals surface area contributed by atoms with Gasteiger partial charge in [-0.15, -0.1) is 5.10 Å². The number of hydrogen-bond acceptors (Lipinski definition) is 7. The van der Waals surface area contributed by atoms with Gasteiger partial charge in [-0.2, -0.15) is 0 Å². The van der Waals surface area contributed by atoms with E-state index in [4.69, 9.17) is 44.9 Å². The third-order valence-corrected chi connectivity index (χ3v) is 7.28. The monoisotopic (exact) mass is 597 g/mol. The number of fused-ring (bicyclic) bond motifs is 1. The van der Waals surface area contributed by atoms with E-state index in [2.05, 4.69) is 25.3 Å². The SMILES string of the molecule is CN(C(=O)O)c1ccc(-c2[nH]c(C3CCc4nc(-c5cc(Cl)ccc5-n5cc(Cl)nn5)cc(=O)n43)nc2Cl)nc1. The zero-order valence-electron chi connectivity index (χ0n) is 20.6. The second-order valence-electron chi connectivity index (χ2n) is 9.00. The Morgan fingerprint density at radius 1 is 1.12 bits per heavy atom. The lowest BCUT2D eigenvalue weighted by atomic mass is 10.1. The van der Waals surface area contributed by atoms with E-state index in [1.165, 1.54) is 24.0 Å². The van der Waals surface area contributed by atoms with E-state index < -0.39 is 12.1 Å². The highest BCUT2D eigenvalue weighted by Crippen LogP contribution is 2.34. The average Bonchev–Trinajstić information content (AvgIpc) is 3.66. The van der Waals surface area contributed by atoms with Gasteiger partial charge in [-0.1, -0.05) is 40.0 Å². The van der Waals surface area contributed by atoms with Gasteiger partial charge in [0.15, 0.2) is 10.3 Å². The highest BCUT2D eigenvalue weighted by Gasteiger charge is 2.30. The fourth-order valence-corrected chi connectivity index (χ4v) is 5.19. The van der Waals surface area contributed by atoms with Crippen molar-refractivity contribution >= 4 is 46.6 Å².